The molecule has 3 N–H and O–H groups in total. The van der Waals surface area contributed by atoms with Crippen LogP contribution in [-0.4, -0.2) is 40.0 Å². The summed E-state index contributed by atoms with van der Waals surface area (Å²) in [6, 6.07) is 7.04. The van der Waals surface area contributed by atoms with Gasteiger partial charge in [0.05, 0.1) is 11.8 Å². The molecule has 0 bridgehead atoms. The summed E-state index contributed by atoms with van der Waals surface area (Å²) in [7, 11) is 0. The van der Waals surface area contributed by atoms with E-state index in [9.17, 15) is 9.59 Å². The van der Waals surface area contributed by atoms with Crippen LogP contribution in [0.4, 0.5) is 0 Å². The van der Waals surface area contributed by atoms with Crippen molar-refractivity contribution >= 4 is 35.2 Å². The van der Waals surface area contributed by atoms with Crippen LogP contribution in [0.5, 0.6) is 0 Å². The molecule has 0 aromatic heterocycles. The van der Waals surface area contributed by atoms with Gasteiger partial charge in [0.1, 0.15) is 0 Å². The molecule has 19 heavy (non-hydrogen) atoms. The molecule has 1 aromatic carbocycles. The van der Waals surface area contributed by atoms with Crippen molar-refractivity contribution in [2.45, 2.75) is 23.2 Å². The number of aliphatic hydroxyl groups is 1. The molecule has 0 aliphatic heterocycles. The standard InChI is InChI=1S/C12H14ClNO4S/c1-7(11(16)14-6-10(15)12(17)18)19-9-4-2-8(13)3-5-9/h2-5,7,10,15H,6H2,1H3,(H,14,16)(H,17,18)/t7?,10-/m0/s1. The van der Waals surface area contributed by atoms with Gasteiger partial charge in [-0.2, -0.15) is 0 Å². The third-order valence-electron chi connectivity index (χ3n) is 2.25. The molecule has 2 atom stereocenters. The fraction of sp³-hybridized carbons (Fsp3) is 0.333. The van der Waals surface area contributed by atoms with E-state index in [1.54, 1.807) is 31.2 Å². The third kappa shape index (κ3) is 5.50. The molecule has 1 rings (SSSR count). The number of benzene rings is 1. The van der Waals surface area contributed by atoms with E-state index in [0.29, 0.717) is 5.02 Å². The highest BCUT2D eigenvalue weighted by atomic mass is 35.5. The fourth-order valence-corrected chi connectivity index (χ4v) is 2.22. The van der Waals surface area contributed by atoms with E-state index in [-0.39, 0.29) is 12.5 Å². The van der Waals surface area contributed by atoms with Crippen molar-refractivity contribution in [2.75, 3.05) is 6.54 Å². The van der Waals surface area contributed by atoms with Crippen LogP contribution in [0, 0.1) is 0 Å². The second-order valence-corrected chi connectivity index (χ2v) is 5.66. The SMILES string of the molecule is CC(Sc1ccc(Cl)cc1)C(=O)NC[C@H](O)C(=O)O. The number of hydrogen-bond donors (Lipinski definition) is 3. The van der Waals surface area contributed by atoms with Gasteiger partial charge in [-0.15, -0.1) is 11.8 Å². The molecule has 5 nitrogen and oxygen atoms in total. The number of nitrogens with one attached hydrogen (secondary N) is 1. The van der Waals surface area contributed by atoms with E-state index < -0.39 is 17.3 Å². The fourth-order valence-electron chi connectivity index (χ4n) is 1.20. The maximum absolute atomic E-state index is 11.7. The summed E-state index contributed by atoms with van der Waals surface area (Å²) in [6.45, 7) is 1.39. The number of halogens is 1. The Morgan fingerprint density at radius 3 is 2.47 bits per heavy atom. The number of aliphatic hydroxyl groups excluding tert-OH is 1. The Morgan fingerprint density at radius 1 is 1.37 bits per heavy atom. The number of carboxylic acid groups (broad SMARTS) is 1. The van der Waals surface area contributed by atoms with Crippen LogP contribution in [-0.2, 0) is 9.59 Å². The Kier molecular flexibility index (Phi) is 6.14. The van der Waals surface area contributed by atoms with E-state index in [2.05, 4.69) is 5.32 Å². The summed E-state index contributed by atoms with van der Waals surface area (Å²) in [5.41, 5.74) is 0. The van der Waals surface area contributed by atoms with Gasteiger partial charge in [-0.1, -0.05) is 11.6 Å². The minimum atomic E-state index is -1.59. The maximum Gasteiger partial charge on any atom is 0.334 e. The third-order valence-corrected chi connectivity index (χ3v) is 3.61. The molecule has 7 heteroatoms. The van der Waals surface area contributed by atoms with Gasteiger partial charge in [0.25, 0.3) is 0 Å². The molecule has 0 spiro atoms. The number of thioether (sulfide) groups is 1. The summed E-state index contributed by atoms with van der Waals surface area (Å²) in [6.07, 6.45) is -1.59. The van der Waals surface area contributed by atoms with Gasteiger partial charge in [-0.3, -0.25) is 4.79 Å². The first-order chi connectivity index (χ1) is 8.90. The van der Waals surface area contributed by atoms with E-state index in [1.807, 2.05) is 0 Å². The molecule has 0 saturated heterocycles. The summed E-state index contributed by atoms with van der Waals surface area (Å²) in [5.74, 6) is -1.70. The van der Waals surface area contributed by atoms with Crippen molar-refractivity contribution in [3.05, 3.63) is 29.3 Å². The van der Waals surface area contributed by atoms with Crippen LogP contribution < -0.4 is 5.32 Å². The second-order valence-electron chi connectivity index (χ2n) is 3.81. The monoisotopic (exact) mass is 303 g/mol. The van der Waals surface area contributed by atoms with E-state index >= 15 is 0 Å². The van der Waals surface area contributed by atoms with Crippen LogP contribution in [0.15, 0.2) is 29.2 Å². The van der Waals surface area contributed by atoms with Crippen molar-refractivity contribution < 1.29 is 19.8 Å². The Bertz CT molecular complexity index is 452. The molecule has 0 aliphatic rings. The summed E-state index contributed by atoms with van der Waals surface area (Å²) >= 11 is 7.07. The van der Waals surface area contributed by atoms with Crippen molar-refractivity contribution in [1.29, 1.82) is 0 Å². The minimum absolute atomic E-state index is 0.306. The van der Waals surface area contributed by atoms with Crippen LogP contribution >= 0.6 is 23.4 Å². The zero-order chi connectivity index (χ0) is 14.4. The van der Waals surface area contributed by atoms with Gasteiger partial charge in [0.15, 0.2) is 6.10 Å². The number of carbonyl (C=O) groups is 2. The van der Waals surface area contributed by atoms with Crippen LogP contribution in [0.2, 0.25) is 5.02 Å². The smallest absolute Gasteiger partial charge is 0.334 e. The highest BCUT2D eigenvalue weighted by Gasteiger charge is 2.18. The number of amides is 1. The lowest BCUT2D eigenvalue weighted by Crippen LogP contribution is -2.39. The first-order valence-corrected chi connectivity index (χ1v) is 6.76. The van der Waals surface area contributed by atoms with E-state index in [1.165, 1.54) is 11.8 Å². The number of aliphatic carboxylic acids is 1. The van der Waals surface area contributed by atoms with Gasteiger partial charge >= 0.3 is 5.97 Å². The zero-order valence-electron chi connectivity index (χ0n) is 10.2. The molecule has 1 aromatic rings. The van der Waals surface area contributed by atoms with Crippen molar-refractivity contribution in [3.63, 3.8) is 0 Å². The Balaban J connectivity index is 2.44. The Morgan fingerprint density at radius 2 is 1.95 bits per heavy atom. The number of rotatable bonds is 6. The molecular weight excluding hydrogens is 290 g/mol. The largest absolute Gasteiger partial charge is 0.479 e. The number of carboxylic acids is 1. The Labute approximate surface area is 120 Å². The first-order valence-electron chi connectivity index (χ1n) is 5.51. The van der Waals surface area contributed by atoms with Crippen LogP contribution in [0.25, 0.3) is 0 Å². The quantitative estimate of drug-likeness (QED) is 0.691. The predicted molar refractivity (Wildman–Crippen MR) is 73.4 cm³/mol. The lowest BCUT2D eigenvalue weighted by atomic mass is 10.3. The first kappa shape index (κ1) is 15.8. The molecule has 0 heterocycles. The van der Waals surface area contributed by atoms with Crippen LogP contribution in [0.3, 0.4) is 0 Å². The van der Waals surface area contributed by atoms with Gasteiger partial charge in [-0.05, 0) is 31.2 Å². The molecular formula is C12H14ClNO4S. The minimum Gasteiger partial charge on any atom is -0.479 e. The Hall–Kier alpha value is -1.24. The predicted octanol–water partition coefficient (Wildman–Crippen LogP) is 1.38. The van der Waals surface area contributed by atoms with Gasteiger partial charge in [0.2, 0.25) is 5.91 Å². The maximum atomic E-state index is 11.7. The molecule has 1 unspecified atom stereocenters. The molecule has 104 valence electrons. The summed E-state index contributed by atoms with van der Waals surface area (Å²) in [5, 5.41) is 20.1. The molecule has 0 radical (unpaired) electrons. The van der Waals surface area contributed by atoms with Crippen molar-refractivity contribution in [3.8, 4) is 0 Å². The highest BCUT2D eigenvalue weighted by Crippen LogP contribution is 2.24. The van der Waals surface area contributed by atoms with Crippen molar-refractivity contribution in [1.82, 2.24) is 5.32 Å². The van der Waals surface area contributed by atoms with E-state index in [0.717, 1.165) is 4.90 Å². The van der Waals surface area contributed by atoms with Crippen LogP contribution in [0.1, 0.15) is 6.92 Å². The van der Waals surface area contributed by atoms with Gasteiger partial charge in [-0.25, -0.2) is 4.79 Å². The van der Waals surface area contributed by atoms with Gasteiger partial charge in [0, 0.05) is 9.92 Å². The number of carbonyl (C=O) groups excluding carboxylic acids is 1. The molecule has 0 fully saturated rings. The highest BCUT2D eigenvalue weighted by molar-refractivity contribution is 8.00. The topological polar surface area (TPSA) is 86.6 Å². The molecule has 0 saturated carbocycles. The normalized spacial score (nSPS) is 13.6. The lowest BCUT2D eigenvalue weighted by molar-refractivity contribution is -0.146. The van der Waals surface area contributed by atoms with Crippen molar-refractivity contribution in [2.24, 2.45) is 0 Å². The summed E-state index contributed by atoms with van der Waals surface area (Å²) in [4.78, 5) is 22.9. The number of hydrogen-bond acceptors (Lipinski definition) is 4. The molecule has 0 aliphatic carbocycles. The van der Waals surface area contributed by atoms with E-state index in [4.69, 9.17) is 21.8 Å². The molecule has 1 amide bonds. The zero-order valence-corrected chi connectivity index (χ0v) is 11.7. The summed E-state index contributed by atoms with van der Waals surface area (Å²) < 4.78 is 0. The average molecular weight is 304 g/mol. The van der Waals surface area contributed by atoms with Gasteiger partial charge < -0.3 is 15.5 Å². The average Bonchev–Trinajstić information content (AvgIpc) is 2.37. The lowest BCUT2D eigenvalue weighted by Gasteiger charge is -2.13. The second kappa shape index (κ2) is 7.37.